The molecule has 0 spiro atoms. The molecule has 230 valence electrons. The van der Waals surface area contributed by atoms with E-state index in [4.69, 9.17) is 4.43 Å². The highest BCUT2D eigenvalue weighted by Gasteiger charge is 2.51. The average molecular weight is 621 g/mol. The third-order valence-corrected chi connectivity index (χ3v) is 15.4. The van der Waals surface area contributed by atoms with Gasteiger partial charge in [-0.3, -0.25) is 0 Å². The molecule has 0 aliphatic carbocycles. The van der Waals surface area contributed by atoms with Gasteiger partial charge in [-0.2, -0.15) is 0 Å². The number of sulfone groups is 1. The van der Waals surface area contributed by atoms with Crippen molar-refractivity contribution in [3.63, 3.8) is 0 Å². The van der Waals surface area contributed by atoms with Crippen molar-refractivity contribution in [1.82, 2.24) is 0 Å². The summed E-state index contributed by atoms with van der Waals surface area (Å²) in [7, 11) is -6.65. The van der Waals surface area contributed by atoms with Crippen LogP contribution in [0.15, 0.2) is 102 Å². The van der Waals surface area contributed by atoms with Gasteiger partial charge in [0.2, 0.25) is 0 Å². The number of aliphatic hydroxyl groups is 2. The Balaban J connectivity index is 1.69. The van der Waals surface area contributed by atoms with E-state index in [1.54, 1.807) is 12.1 Å². The number of allylic oxidation sites excluding steroid dienone is 1. The largest absolute Gasteiger partial charge is 0.508 e. The Morgan fingerprint density at radius 2 is 1.53 bits per heavy atom. The predicted octanol–water partition coefficient (Wildman–Crippen LogP) is 4.99. The minimum absolute atomic E-state index is 0.0549. The van der Waals surface area contributed by atoms with E-state index in [9.17, 15) is 23.7 Å². The lowest BCUT2D eigenvalue weighted by Crippen LogP contribution is -2.66. The van der Waals surface area contributed by atoms with Gasteiger partial charge < -0.3 is 19.7 Å². The Morgan fingerprint density at radius 3 is 2.02 bits per heavy atom. The van der Waals surface area contributed by atoms with Crippen LogP contribution in [0.4, 0.5) is 0 Å². The molecule has 0 fully saturated rings. The smallest absolute Gasteiger partial charge is 0.261 e. The SMILES string of the molecule is CC/C(=C\c1ccc(O)cc1)CC[C@@H](O)C1=C(CO[Si](c2ccccc2)(c2ccccc2)C(C)(C)C)CS(=O)(=O)[C@H]1CO. The van der Waals surface area contributed by atoms with E-state index in [-0.39, 0.29) is 23.1 Å². The van der Waals surface area contributed by atoms with Crippen LogP contribution in [0.5, 0.6) is 5.75 Å². The molecular formula is C35H44O6SSi. The monoisotopic (exact) mass is 620 g/mol. The van der Waals surface area contributed by atoms with Gasteiger partial charge in [-0.25, -0.2) is 8.42 Å². The van der Waals surface area contributed by atoms with E-state index in [0.29, 0.717) is 24.0 Å². The fourth-order valence-corrected chi connectivity index (χ4v) is 12.6. The first-order chi connectivity index (χ1) is 20.4. The summed E-state index contributed by atoms with van der Waals surface area (Å²) < 4.78 is 33.6. The van der Waals surface area contributed by atoms with Crippen molar-refractivity contribution in [2.45, 2.75) is 63.3 Å². The zero-order valence-corrected chi connectivity index (χ0v) is 27.3. The maximum absolute atomic E-state index is 13.3. The molecule has 0 amide bonds. The first-order valence-electron chi connectivity index (χ1n) is 14.9. The number of aliphatic hydroxyl groups excluding tert-OH is 2. The Hall–Kier alpha value is -3.01. The quantitative estimate of drug-likeness (QED) is 0.195. The van der Waals surface area contributed by atoms with Crippen LogP contribution in [0.3, 0.4) is 0 Å². The molecule has 4 rings (SSSR count). The first kappa shape index (κ1) is 32.9. The van der Waals surface area contributed by atoms with E-state index < -0.39 is 36.1 Å². The summed E-state index contributed by atoms with van der Waals surface area (Å²) in [6.45, 7) is 8.01. The van der Waals surface area contributed by atoms with Crippen molar-refractivity contribution < 1.29 is 28.2 Å². The van der Waals surface area contributed by atoms with Crippen molar-refractivity contribution in [1.29, 1.82) is 0 Å². The van der Waals surface area contributed by atoms with Crippen molar-refractivity contribution in [2.75, 3.05) is 19.0 Å². The number of phenols is 1. The van der Waals surface area contributed by atoms with E-state index in [1.165, 1.54) is 0 Å². The summed E-state index contributed by atoms with van der Waals surface area (Å²) in [5.74, 6) is -0.0462. The number of benzene rings is 3. The minimum Gasteiger partial charge on any atom is -0.508 e. The van der Waals surface area contributed by atoms with Gasteiger partial charge in [-0.05, 0) is 63.5 Å². The summed E-state index contributed by atoms with van der Waals surface area (Å²) in [6.07, 6.45) is 2.63. The molecule has 0 aromatic heterocycles. The Kier molecular flexibility index (Phi) is 10.5. The van der Waals surface area contributed by atoms with Crippen LogP contribution in [0, 0.1) is 0 Å². The lowest BCUT2D eigenvalue weighted by Gasteiger charge is -2.43. The third-order valence-electron chi connectivity index (χ3n) is 8.43. The second kappa shape index (κ2) is 13.7. The van der Waals surface area contributed by atoms with Gasteiger partial charge in [0.05, 0.1) is 25.1 Å². The molecule has 0 saturated heterocycles. The highest BCUT2D eigenvalue weighted by Crippen LogP contribution is 2.39. The second-order valence-corrected chi connectivity index (χ2v) is 18.8. The summed E-state index contributed by atoms with van der Waals surface area (Å²) in [5.41, 5.74) is 2.96. The number of aromatic hydroxyl groups is 1. The van der Waals surface area contributed by atoms with E-state index in [0.717, 1.165) is 27.9 Å². The van der Waals surface area contributed by atoms with Gasteiger partial charge in [0.25, 0.3) is 8.32 Å². The van der Waals surface area contributed by atoms with Gasteiger partial charge in [-0.15, -0.1) is 0 Å². The third kappa shape index (κ3) is 7.21. The Labute approximate surface area is 257 Å². The zero-order valence-electron chi connectivity index (χ0n) is 25.5. The molecule has 0 bridgehead atoms. The fraction of sp³-hybridized carbons (Fsp3) is 0.371. The molecule has 1 heterocycles. The fourth-order valence-electron chi connectivity index (χ4n) is 6.23. The van der Waals surface area contributed by atoms with Gasteiger partial charge in [-0.1, -0.05) is 112 Å². The lowest BCUT2D eigenvalue weighted by molar-refractivity contribution is 0.186. The van der Waals surface area contributed by atoms with Gasteiger partial charge in [0.1, 0.15) is 11.0 Å². The molecule has 3 N–H and O–H groups in total. The second-order valence-electron chi connectivity index (χ2n) is 12.3. The summed E-state index contributed by atoms with van der Waals surface area (Å²) in [4.78, 5) is 0. The van der Waals surface area contributed by atoms with Crippen molar-refractivity contribution >= 4 is 34.6 Å². The van der Waals surface area contributed by atoms with Crippen molar-refractivity contribution in [3.05, 3.63) is 107 Å². The molecule has 3 aromatic rings. The average Bonchev–Trinajstić information content (AvgIpc) is 3.25. The van der Waals surface area contributed by atoms with E-state index in [2.05, 4.69) is 45.0 Å². The maximum atomic E-state index is 13.3. The van der Waals surface area contributed by atoms with Crippen molar-refractivity contribution in [2.24, 2.45) is 0 Å². The lowest BCUT2D eigenvalue weighted by atomic mass is 9.94. The molecular weight excluding hydrogens is 577 g/mol. The standard InChI is InChI=1S/C35H44O6SSi/c1-5-26(22-27-16-19-29(37)20-17-27)18-21-32(38)34-28(25-42(39,40)33(34)23-36)24-41-43(35(2,3)4,30-12-8-6-9-13-30)31-14-10-7-11-15-31/h6-17,19-20,22,32-33,36-38H,5,18,21,23-25H2,1-4H3/b26-22+/t32-,33+/m1/s1. The molecule has 1 aliphatic rings. The van der Waals surface area contributed by atoms with Gasteiger partial charge >= 0.3 is 0 Å². The van der Waals surface area contributed by atoms with Crippen LogP contribution in [0.1, 0.15) is 52.5 Å². The first-order valence-corrected chi connectivity index (χ1v) is 18.5. The number of hydrogen-bond donors (Lipinski definition) is 3. The number of hydrogen-bond acceptors (Lipinski definition) is 6. The molecule has 6 nitrogen and oxygen atoms in total. The normalized spacial score (nSPS) is 18.2. The summed E-state index contributed by atoms with van der Waals surface area (Å²) in [5, 5.41) is 32.0. The van der Waals surface area contributed by atoms with E-state index >= 15 is 0 Å². The summed E-state index contributed by atoms with van der Waals surface area (Å²) >= 11 is 0. The van der Waals surface area contributed by atoms with Crippen LogP contribution in [0.2, 0.25) is 5.04 Å². The number of phenolic OH excluding ortho intramolecular Hbond substituents is 1. The van der Waals surface area contributed by atoms with Gasteiger partial charge in [0, 0.05) is 0 Å². The highest BCUT2D eigenvalue weighted by atomic mass is 32.2. The highest BCUT2D eigenvalue weighted by molar-refractivity contribution is 7.92. The van der Waals surface area contributed by atoms with Crippen LogP contribution >= 0.6 is 0 Å². The van der Waals surface area contributed by atoms with Crippen LogP contribution in [-0.4, -0.2) is 62.4 Å². The Bertz CT molecular complexity index is 1490. The molecule has 8 heteroatoms. The molecule has 3 aromatic carbocycles. The topological polar surface area (TPSA) is 104 Å². The summed E-state index contributed by atoms with van der Waals surface area (Å²) in [6, 6.07) is 27.2. The van der Waals surface area contributed by atoms with E-state index in [1.807, 2.05) is 61.5 Å². The zero-order chi connectivity index (χ0) is 31.3. The number of rotatable bonds is 12. The molecule has 0 radical (unpaired) electrons. The molecule has 43 heavy (non-hydrogen) atoms. The van der Waals surface area contributed by atoms with Gasteiger partial charge in [0.15, 0.2) is 9.84 Å². The van der Waals surface area contributed by atoms with Crippen molar-refractivity contribution in [3.8, 4) is 5.75 Å². The Morgan fingerprint density at radius 1 is 0.977 bits per heavy atom. The van der Waals surface area contributed by atoms with Crippen LogP contribution in [0.25, 0.3) is 6.08 Å². The predicted molar refractivity (Wildman–Crippen MR) is 177 cm³/mol. The van der Waals surface area contributed by atoms with Crippen LogP contribution in [-0.2, 0) is 14.3 Å². The molecule has 0 saturated carbocycles. The maximum Gasteiger partial charge on any atom is 0.261 e. The molecule has 1 aliphatic heterocycles. The molecule has 0 unspecified atom stereocenters. The minimum atomic E-state index is -3.70. The molecule has 2 atom stereocenters. The van der Waals surface area contributed by atoms with Crippen LogP contribution < -0.4 is 10.4 Å².